The molecule has 0 bridgehead atoms. The van der Waals surface area contributed by atoms with Crippen molar-refractivity contribution in [3.8, 4) is 5.75 Å². The van der Waals surface area contributed by atoms with Gasteiger partial charge < -0.3 is 9.84 Å². The summed E-state index contributed by atoms with van der Waals surface area (Å²) in [4.78, 5) is 0. The van der Waals surface area contributed by atoms with Gasteiger partial charge >= 0.3 is 0 Å². The lowest BCUT2D eigenvalue weighted by molar-refractivity contribution is 0.165. The third kappa shape index (κ3) is 4.19. The van der Waals surface area contributed by atoms with Crippen LogP contribution in [0.4, 0.5) is 0 Å². The third-order valence-electron chi connectivity index (χ3n) is 3.41. The van der Waals surface area contributed by atoms with Crippen molar-refractivity contribution < 1.29 is 9.84 Å². The van der Waals surface area contributed by atoms with E-state index in [1.165, 1.54) is 24.8 Å². The Morgan fingerprint density at radius 1 is 1.11 bits per heavy atom. The SMILES string of the molecule is OC(CCOc1ccccc1)C1=CCCCCC1. The van der Waals surface area contributed by atoms with E-state index in [2.05, 4.69) is 6.08 Å². The molecule has 0 amide bonds. The molecular weight excluding hydrogens is 224 g/mol. The molecule has 1 aliphatic rings. The number of para-hydroxylation sites is 1. The molecule has 1 aromatic rings. The monoisotopic (exact) mass is 246 g/mol. The van der Waals surface area contributed by atoms with Crippen molar-refractivity contribution >= 4 is 0 Å². The molecule has 2 nitrogen and oxygen atoms in total. The average molecular weight is 246 g/mol. The van der Waals surface area contributed by atoms with Crippen LogP contribution in [0.3, 0.4) is 0 Å². The summed E-state index contributed by atoms with van der Waals surface area (Å²) in [5, 5.41) is 10.1. The van der Waals surface area contributed by atoms with Crippen molar-refractivity contribution in [2.24, 2.45) is 0 Å². The van der Waals surface area contributed by atoms with Crippen LogP contribution < -0.4 is 4.74 Å². The summed E-state index contributed by atoms with van der Waals surface area (Å²) < 4.78 is 5.61. The Morgan fingerprint density at radius 2 is 1.94 bits per heavy atom. The quantitative estimate of drug-likeness (QED) is 0.803. The molecule has 1 N–H and O–H groups in total. The van der Waals surface area contributed by atoms with E-state index in [9.17, 15) is 5.11 Å². The van der Waals surface area contributed by atoms with Crippen molar-refractivity contribution in [2.45, 2.75) is 44.6 Å². The van der Waals surface area contributed by atoms with Crippen LogP contribution in [0.25, 0.3) is 0 Å². The Hall–Kier alpha value is -1.28. The molecule has 1 aromatic carbocycles. The number of benzene rings is 1. The normalized spacial score (nSPS) is 17.7. The first-order chi connectivity index (χ1) is 8.86. The van der Waals surface area contributed by atoms with Gasteiger partial charge in [-0.05, 0) is 43.4 Å². The summed E-state index contributed by atoms with van der Waals surface area (Å²) >= 11 is 0. The number of ether oxygens (including phenoxy) is 1. The maximum atomic E-state index is 10.1. The van der Waals surface area contributed by atoms with Crippen molar-refractivity contribution in [2.75, 3.05) is 6.61 Å². The van der Waals surface area contributed by atoms with Gasteiger partial charge in [-0.3, -0.25) is 0 Å². The lowest BCUT2D eigenvalue weighted by Gasteiger charge is -2.14. The van der Waals surface area contributed by atoms with Crippen molar-refractivity contribution in [3.05, 3.63) is 42.0 Å². The molecule has 2 rings (SSSR count). The minimum absolute atomic E-state index is 0.327. The summed E-state index contributed by atoms with van der Waals surface area (Å²) in [5.41, 5.74) is 1.21. The van der Waals surface area contributed by atoms with Gasteiger partial charge in [0.25, 0.3) is 0 Å². The fraction of sp³-hybridized carbons (Fsp3) is 0.500. The molecule has 0 spiro atoms. The molecule has 0 aromatic heterocycles. The average Bonchev–Trinajstić information content (AvgIpc) is 2.69. The van der Waals surface area contributed by atoms with Crippen LogP contribution in [-0.2, 0) is 0 Å². The van der Waals surface area contributed by atoms with Gasteiger partial charge in [0.1, 0.15) is 5.75 Å². The van der Waals surface area contributed by atoms with Gasteiger partial charge in [-0.15, -0.1) is 0 Å². The Kier molecular flexibility index (Phi) is 5.28. The zero-order chi connectivity index (χ0) is 12.6. The van der Waals surface area contributed by atoms with Crippen LogP contribution in [0.5, 0.6) is 5.75 Å². The number of aliphatic hydroxyl groups is 1. The van der Waals surface area contributed by atoms with Crippen LogP contribution in [0, 0.1) is 0 Å². The number of hydrogen-bond donors (Lipinski definition) is 1. The summed E-state index contributed by atoms with van der Waals surface area (Å²) in [7, 11) is 0. The van der Waals surface area contributed by atoms with E-state index in [1.54, 1.807) is 0 Å². The Balaban J connectivity index is 1.74. The Bertz CT molecular complexity index is 370. The van der Waals surface area contributed by atoms with Crippen molar-refractivity contribution in [3.63, 3.8) is 0 Å². The highest BCUT2D eigenvalue weighted by Gasteiger charge is 2.12. The highest BCUT2D eigenvalue weighted by molar-refractivity contribution is 5.20. The third-order valence-corrected chi connectivity index (χ3v) is 3.41. The Morgan fingerprint density at radius 3 is 2.78 bits per heavy atom. The molecule has 18 heavy (non-hydrogen) atoms. The van der Waals surface area contributed by atoms with Crippen LogP contribution in [0.1, 0.15) is 38.5 Å². The molecule has 0 aliphatic heterocycles. The summed E-state index contributed by atoms with van der Waals surface area (Å²) in [5.74, 6) is 0.875. The molecule has 1 atom stereocenters. The van der Waals surface area contributed by atoms with Gasteiger partial charge in [0.15, 0.2) is 0 Å². The van der Waals surface area contributed by atoms with Gasteiger partial charge in [0, 0.05) is 6.42 Å². The predicted molar refractivity (Wildman–Crippen MR) is 73.7 cm³/mol. The highest BCUT2D eigenvalue weighted by Crippen LogP contribution is 2.21. The maximum Gasteiger partial charge on any atom is 0.119 e. The van der Waals surface area contributed by atoms with E-state index in [1.807, 2.05) is 30.3 Å². The zero-order valence-corrected chi connectivity index (χ0v) is 10.8. The molecule has 0 saturated heterocycles. The molecule has 1 unspecified atom stereocenters. The number of rotatable bonds is 5. The zero-order valence-electron chi connectivity index (χ0n) is 10.8. The topological polar surface area (TPSA) is 29.5 Å². The van der Waals surface area contributed by atoms with Crippen molar-refractivity contribution in [1.29, 1.82) is 0 Å². The second kappa shape index (κ2) is 7.22. The lowest BCUT2D eigenvalue weighted by atomic mass is 10.0. The maximum absolute atomic E-state index is 10.1. The van der Waals surface area contributed by atoms with Crippen LogP contribution in [-0.4, -0.2) is 17.8 Å². The van der Waals surface area contributed by atoms with E-state index >= 15 is 0 Å². The molecule has 0 fully saturated rings. The first kappa shape index (κ1) is 13.2. The van der Waals surface area contributed by atoms with Crippen LogP contribution in [0.15, 0.2) is 42.0 Å². The standard InChI is InChI=1S/C16H22O2/c17-16(14-8-4-1-2-5-9-14)12-13-18-15-10-6-3-7-11-15/h3,6-8,10-11,16-17H,1-2,4-5,9,12-13H2. The molecule has 2 heteroatoms. The largest absolute Gasteiger partial charge is 0.493 e. The smallest absolute Gasteiger partial charge is 0.119 e. The molecular formula is C16H22O2. The van der Waals surface area contributed by atoms with Gasteiger partial charge in [0.05, 0.1) is 12.7 Å². The minimum Gasteiger partial charge on any atom is -0.493 e. The van der Waals surface area contributed by atoms with Crippen LogP contribution >= 0.6 is 0 Å². The lowest BCUT2D eigenvalue weighted by Crippen LogP contribution is -2.14. The first-order valence-corrected chi connectivity index (χ1v) is 6.91. The summed E-state index contributed by atoms with van der Waals surface area (Å²) in [6, 6.07) is 9.77. The second-order valence-corrected chi connectivity index (χ2v) is 4.84. The van der Waals surface area contributed by atoms with Gasteiger partial charge in [-0.1, -0.05) is 30.7 Å². The Labute approximate surface area is 109 Å². The van der Waals surface area contributed by atoms with E-state index in [0.29, 0.717) is 13.0 Å². The molecule has 0 radical (unpaired) electrons. The fourth-order valence-corrected chi connectivity index (χ4v) is 2.33. The fourth-order valence-electron chi connectivity index (χ4n) is 2.33. The number of allylic oxidation sites excluding steroid dienone is 1. The molecule has 98 valence electrons. The van der Waals surface area contributed by atoms with Crippen LogP contribution in [0.2, 0.25) is 0 Å². The number of aliphatic hydroxyl groups excluding tert-OH is 1. The summed E-state index contributed by atoms with van der Waals surface area (Å²) in [6.45, 7) is 0.572. The molecule has 0 saturated carbocycles. The predicted octanol–water partition coefficient (Wildman–Crippen LogP) is 3.71. The van der Waals surface area contributed by atoms with E-state index in [0.717, 1.165) is 18.6 Å². The first-order valence-electron chi connectivity index (χ1n) is 6.91. The van der Waals surface area contributed by atoms with Gasteiger partial charge in [0.2, 0.25) is 0 Å². The van der Waals surface area contributed by atoms with Gasteiger partial charge in [-0.25, -0.2) is 0 Å². The van der Waals surface area contributed by atoms with Gasteiger partial charge in [-0.2, -0.15) is 0 Å². The van der Waals surface area contributed by atoms with Crippen molar-refractivity contribution in [1.82, 2.24) is 0 Å². The molecule has 0 heterocycles. The highest BCUT2D eigenvalue weighted by atomic mass is 16.5. The van der Waals surface area contributed by atoms with E-state index in [4.69, 9.17) is 4.74 Å². The molecule has 1 aliphatic carbocycles. The minimum atomic E-state index is -0.327. The second-order valence-electron chi connectivity index (χ2n) is 4.84. The van der Waals surface area contributed by atoms with E-state index in [-0.39, 0.29) is 6.10 Å². The summed E-state index contributed by atoms with van der Waals surface area (Å²) in [6.07, 6.45) is 8.50. The van der Waals surface area contributed by atoms with E-state index < -0.39 is 0 Å². The number of hydrogen-bond acceptors (Lipinski definition) is 2.